The number of pyridine rings is 2. The summed E-state index contributed by atoms with van der Waals surface area (Å²) in [6.07, 6.45) is 1.67. The van der Waals surface area contributed by atoms with Crippen molar-refractivity contribution in [3.63, 3.8) is 0 Å². The molecule has 3 aromatic heterocycles. The van der Waals surface area contributed by atoms with Crippen molar-refractivity contribution in [2.45, 2.75) is 6.54 Å². The Labute approximate surface area is 252 Å². The lowest BCUT2D eigenvalue weighted by atomic mass is 10.1. The Morgan fingerprint density at radius 1 is 0.864 bits per heavy atom. The third kappa shape index (κ3) is 4.97. The van der Waals surface area contributed by atoms with Gasteiger partial charge < -0.3 is 15.9 Å². The molecule has 7 rings (SSSR count). The standard InChI is InChI=1S/C33H30N8O3/c1-44-30-27(28(42)29(30)43)38-40-18-16-39(17-19-40)20-21-9-11-23(12-10-21)41-32(24-8-5-15-35-31(24)34)37-26-14-13-25(36-33(26)41)22-6-3-2-4-7-22/h2-15,38H,16-20H2,1H3,(H2,34,35). The second kappa shape index (κ2) is 11.4. The highest BCUT2D eigenvalue weighted by Crippen LogP contribution is 2.32. The first kappa shape index (κ1) is 27.4. The number of methoxy groups -OCH3 is 1. The van der Waals surface area contributed by atoms with Gasteiger partial charge in [0.05, 0.1) is 18.4 Å². The number of hydrogen-bond acceptors (Lipinski definition) is 10. The third-order valence-electron chi connectivity index (χ3n) is 7.97. The van der Waals surface area contributed by atoms with Crippen molar-refractivity contribution in [2.75, 3.05) is 44.4 Å². The molecule has 1 aliphatic heterocycles. The molecule has 0 saturated carbocycles. The molecular formula is C33H30N8O3. The molecule has 3 N–H and O–H groups in total. The average molecular weight is 587 g/mol. The van der Waals surface area contributed by atoms with E-state index in [0.717, 1.165) is 53.3 Å². The highest BCUT2D eigenvalue weighted by molar-refractivity contribution is 5.84. The number of anilines is 2. The summed E-state index contributed by atoms with van der Waals surface area (Å²) in [5.41, 5.74) is 14.7. The summed E-state index contributed by atoms with van der Waals surface area (Å²) in [5, 5.41) is 1.95. The Hall–Kier alpha value is -5.39. The number of hydrazine groups is 1. The van der Waals surface area contributed by atoms with Crippen LogP contribution in [0, 0.1) is 0 Å². The van der Waals surface area contributed by atoms with Gasteiger partial charge in [-0.05, 0) is 42.0 Å². The molecule has 1 aliphatic rings. The molecular weight excluding hydrogens is 556 g/mol. The number of nitrogens with one attached hydrogen (secondary N) is 1. The van der Waals surface area contributed by atoms with E-state index in [0.29, 0.717) is 24.7 Å². The number of nitrogens with two attached hydrogens (primary N) is 1. The number of fused-ring (bicyclic) bond motifs is 1. The zero-order valence-electron chi connectivity index (χ0n) is 24.1. The highest BCUT2D eigenvalue weighted by atomic mass is 16.5. The van der Waals surface area contributed by atoms with Gasteiger partial charge in [0.2, 0.25) is 0 Å². The van der Waals surface area contributed by atoms with Gasteiger partial charge in [0.25, 0.3) is 10.9 Å². The van der Waals surface area contributed by atoms with Gasteiger partial charge >= 0.3 is 0 Å². The normalized spacial score (nSPS) is 14.3. The summed E-state index contributed by atoms with van der Waals surface area (Å²) >= 11 is 0. The average Bonchev–Trinajstić information content (AvgIpc) is 3.44. The lowest BCUT2D eigenvalue weighted by Gasteiger charge is -2.35. The van der Waals surface area contributed by atoms with Crippen molar-refractivity contribution < 1.29 is 4.74 Å². The van der Waals surface area contributed by atoms with Crippen molar-refractivity contribution in [2.24, 2.45) is 0 Å². The lowest BCUT2D eigenvalue weighted by molar-refractivity contribution is 0.146. The molecule has 0 amide bonds. The van der Waals surface area contributed by atoms with Crippen LogP contribution in [0.15, 0.2) is 94.6 Å². The van der Waals surface area contributed by atoms with Gasteiger partial charge in [-0.1, -0.05) is 42.5 Å². The van der Waals surface area contributed by atoms with Gasteiger partial charge in [-0.15, -0.1) is 0 Å². The number of nitrogen functional groups attached to an aromatic ring is 1. The number of imidazole rings is 1. The van der Waals surface area contributed by atoms with E-state index in [4.69, 9.17) is 20.4 Å². The van der Waals surface area contributed by atoms with Crippen molar-refractivity contribution in [1.82, 2.24) is 29.4 Å². The Bertz CT molecular complexity index is 2020. The van der Waals surface area contributed by atoms with E-state index in [9.17, 15) is 9.59 Å². The molecule has 6 aromatic rings. The van der Waals surface area contributed by atoms with Crippen molar-refractivity contribution in [3.05, 3.63) is 111 Å². The fourth-order valence-corrected chi connectivity index (χ4v) is 5.61. The first-order chi connectivity index (χ1) is 21.5. The first-order valence-electron chi connectivity index (χ1n) is 14.4. The Kier molecular flexibility index (Phi) is 7.09. The minimum atomic E-state index is -0.579. The van der Waals surface area contributed by atoms with Crippen LogP contribution in [-0.4, -0.2) is 62.7 Å². The van der Waals surface area contributed by atoms with Crippen molar-refractivity contribution in [3.8, 4) is 34.1 Å². The SMILES string of the molecule is COc1c(NN2CCN(Cc3ccc(-n4c(-c5cccnc5N)nc5ccc(-c6ccccc6)nc54)cc3)CC2)c(=O)c1=O. The number of piperazine rings is 1. The predicted octanol–water partition coefficient (Wildman–Crippen LogP) is 3.48. The molecule has 0 atom stereocenters. The quantitative estimate of drug-likeness (QED) is 0.256. The minimum absolute atomic E-state index is 0.101. The van der Waals surface area contributed by atoms with Crippen LogP contribution < -0.4 is 26.8 Å². The van der Waals surface area contributed by atoms with Crippen LogP contribution in [0.3, 0.4) is 0 Å². The fraction of sp³-hybridized carbons (Fsp3) is 0.182. The number of benzene rings is 2. The molecule has 3 aromatic carbocycles. The molecule has 11 nitrogen and oxygen atoms in total. The molecule has 0 bridgehead atoms. The molecule has 220 valence electrons. The van der Waals surface area contributed by atoms with E-state index in [1.807, 2.05) is 64.2 Å². The van der Waals surface area contributed by atoms with E-state index in [2.05, 4.69) is 39.6 Å². The van der Waals surface area contributed by atoms with Gasteiger partial charge in [-0.2, -0.15) is 0 Å². The Balaban J connectivity index is 1.13. The number of rotatable bonds is 8. The van der Waals surface area contributed by atoms with Crippen LogP contribution in [0.1, 0.15) is 5.56 Å². The topological polar surface area (TPSA) is 132 Å². The van der Waals surface area contributed by atoms with Crippen LogP contribution in [-0.2, 0) is 6.54 Å². The summed E-state index contributed by atoms with van der Waals surface area (Å²) in [7, 11) is 1.40. The monoisotopic (exact) mass is 586 g/mol. The lowest BCUT2D eigenvalue weighted by Crippen LogP contribution is -2.50. The van der Waals surface area contributed by atoms with E-state index < -0.39 is 10.9 Å². The van der Waals surface area contributed by atoms with Crippen LogP contribution >= 0.6 is 0 Å². The smallest absolute Gasteiger partial charge is 0.272 e. The minimum Gasteiger partial charge on any atom is -0.491 e. The molecule has 4 heterocycles. The Morgan fingerprint density at radius 2 is 1.64 bits per heavy atom. The maximum Gasteiger partial charge on any atom is 0.272 e. The number of aromatic nitrogens is 4. The van der Waals surface area contributed by atoms with Gasteiger partial charge in [0, 0.05) is 50.2 Å². The molecule has 0 aliphatic carbocycles. The Morgan fingerprint density at radius 3 is 2.36 bits per heavy atom. The third-order valence-corrected chi connectivity index (χ3v) is 7.97. The fourth-order valence-electron chi connectivity index (χ4n) is 5.61. The van der Waals surface area contributed by atoms with E-state index in [-0.39, 0.29) is 11.4 Å². The molecule has 0 radical (unpaired) electrons. The van der Waals surface area contributed by atoms with Gasteiger partial charge in [0.1, 0.15) is 17.0 Å². The molecule has 1 saturated heterocycles. The molecule has 44 heavy (non-hydrogen) atoms. The van der Waals surface area contributed by atoms with Crippen molar-refractivity contribution >= 4 is 22.7 Å². The molecule has 1 fully saturated rings. The summed E-state index contributed by atoms with van der Waals surface area (Å²) in [5.74, 6) is 1.18. The summed E-state index contributed by atoms with van der Waals surface area (Å²) in [6.45, 7) is 3.78. The summed E-state index contributed by atoms with van der Waals surface area (Å²) in [4.78, 5) is 40.1. The maximum absolute atomic E-state index is 11.9. The van der Waals surface area contributed by atoms with Crippen LogP contribution in [0.5, 0.6) is 5.75 Å². The number of hydrogen-bond donors (Lipinski definition) is 2. The summed E-state index contributed by atoms with van der Waals surface area (Å²) in [6, 6.07) is 26.2. The zero-order chi connectivity index (χ0) is 30.2. The second-order valence-corrected chi connectivity index (χ2v) is 10.7. The zero-order valence-corrected chi connectivity index (χ0v) is 24.1. The summed E-state index contributed by atoms with van der Waals surface area (Å²) < 4.78 is 7.08. The van der Waals surface area contributed by atoms with Gasteiger partial charge in [-0.25, -0.2) is 20.0 Å². The predicted molar refractivity (Wildman–Crippen MR) is 170 cm³/mol. The molecule has 0 spiro atoms. The second-order valence-electron chi connectivity index (χ2n) is 10.7. The maximum atomic E-state index is 11.9. The number of ether oxygens (including phenoxy) is 1. The van der Waals surface area contributed by atoms with E-state index in [1.54, 1.807) is 6.20 Å². The van der Waals surface area contributed by atoms with E-state index in [1.165, 1.54) is 12.7 Å². The first-order valence-corrected chi connectivity index (χ1v) is 14.4. The highest BCUT2D eigenvalue weighted by Gasteiger charge is 2.25. The van der Waals surface area contributed by atoms with Crippen LogP contribution in [0.4, 0.5) is 11.5 Å². The van der Waals surface area contributed by atoms with Gasteiger partial charge in [-0.3, -0.25) is 19.1 Å². The van der Waals surface area contributed by atoms with Crippen LogP contribution in [0.25, 0.3) is 39.5 Å². The van der Waals surface area contributed by atoms with Gasteiger partial charge in [0.15, 0.2) is 17.2 Å². The van der Waals surface area contributed by atoms with E-state index >= 15 is 0 Å². The largest absolute Gasteiger partial charge is 0.491 e. The number of nitrogens with zero attached hydrogens (tertiary/aromatic N) is 6. The van der Waals surface area contributed by atoms with Crippen molar-refractivity contribution in [1.29, 1.82) is 0 Å². The molecule has 11 heteroatoms. The van der Waals surface area contributed by atoms with Crippen LogP contribution in [0.2, 0.25) is 0 Å². The molecule has 0 unspecified atom stereocenters.